The average Bonchev–Trinajstić information content (AvgIpc) is 3.24. The minimum Gasteiger partial charge on any atom is -0.741 e. The van der Waals surface area contributed by atoms with Crippen LogP contribution >= 0.6 is 22.7 Å². The molecule has 0 aliphatic heterocycles. The van der Waals surface area contributed by atoms with Crippen molar-refractivity contribution >= 4 is 32.8 Å². The van der Waals surface area contributed by atoms with Crippen molar-refractivity contribution < 1.29 is 60.5 Å². The number of hydrogen-bond acceptors (Lipinski definition) is 5. The Hall–Kier alpha value is -1.16. The Morgan fingerprint density at radius 1 is 0.862 bits per heavy atom. The van der Waals surface area contributed by atoms with E-state index in [1.54, 1.807) is 34.8 Å². The fraction of sp³-hybridized carbons (Fsp3) is 0.125. The van der Waals surface area contributed by atoms with E-state index in [1.165, 1.54) is 24.8 Å². The summed E-state index contributed by atoms with van der Waals surface area (Å²) >= 11 is 3.01. The summed E-state index contributed by atoms with van der Waals surface area (Å²) in [5, 5.41) is 2.04. The summed E-state index contributed by atoms with van der Waals surface area (Å²) in [7, 11) is -6.09. The van der Waals surface area contributed by atoms with Gasteiger partial charge in [-0.15, -0.1) is 11.3 Å². The van der Waals surface area contributed by atoms with E-state index in [4.69, 9.17) is 13.0 Å². The molecular formula is C16H9F6IO3S3. The van der Waals surface area contributed by atoms with Crippen LogP contribution in [-0.4, -0.2) is 18.5 Å². The molecule has 29 heavy (non-hydrogen) atoms. The van der Waals surface area contributed by atoms with Gasteiger partial charge in [0.2, 0.25) is 2.88 Å². The lowest BCUT2D eigenvalue weighted by atomic mass is 10.2. The van der Waals surface area contributed by atoms with Gasteiger partial charge in [0.1, 0.15) is 0 Å². The lowest BCUT2D eigenvalue weighted by molar-refractivity contribution is -0.591. The van der Waals surface area contributed by atoms with Crippen LogP contribution < -0.4 is 21.2 Å². The van der Waals surface area contributed by atoms with Crippen LogP contribution in [0.1, 0.15) is 5.56 Å². The van der Waals surface area contributed by atoms with Crippen LogP contribution in [0.15, 0.2) is 53.9 Å². The van der Waals surface area contributed by atoms with E-state index in [9.17, 15) is 26.3 Å². The molecule has 0 aliphatic rings. The molecule has 0 amide bonds. The Labute approximate surface area is 180 Å². The monoisotopic (exact) mass is 586 g/mol. The molecule has 3 nitrogen and oxygen atoms in total. The zero-order chi connectivity index (χ0) is 21.9. The molecular weight excluding hydrogens is 577 g/mol. The number of alkyl halides is 6. The molecule has 3 aromatic rings. The maximum atomic E-state index is 12.5. The highest BCUT2D eigenvalue weighted by Gasteiger charge is 2.37. The first-order valence-electron chi connectivity index (χ1n) is 7.25. The van der Waals surface area contributed by atoms with Crippen LogP contribution in [0.2, 0.25) is 0 Å². The SMILES string of the molecule is FC(F)(F)c1ccc([I+]c2ccc(-c3cccs3)s2)cc1.O=S(=O)([O-])C(F)(F)F. The molecule has 0 radical (unpaired) electrons. The van der Waals surface area contributed by atoms with Gasteiger partial charge in [-0.25, -0.2) is 8.42 Å². The van der Waals surface area contributed by atoms with Gasteiger partial charge in [-0.3, -0.25) is 0 Å². The number of benzene rings is 1. The first-order valence-corrected chi connectivity index (χ1v) is 12.5. The van der Waals surface area contributed by atoms with Crippen LogP contribution in [0.4, 0.5) is 26.3 Å². The lowest BCUT2D eigenvalue weighted by Gasteiger charge is -2.08. The highest BCUT2D eigenvalue weighted by molar-refractivity contribution is 7.86. The third-order valence-corrected chi connectivity index (χ3v) is 8.91. The van der Waals surface area contributed by atoms with Gasteiger partial charge in [-0.05, 0) is 41.8 Å². The first kappa shape index (κ1) is 24.1. The minimum atomic E-state index is -6.09. The third kappa shape index (κ3) is 7.24. The second-order valence-electron chi connectivity index (χ2n) is 5.08. The lowest BCUT2D eigenvalue weighted by Crippen LogP contribution is -3.61. The van der Waals surface area contributed by atoms with Gasteiger partial charge in [-0.1, -0.05) is 17.4 Å². The molecule has 3 rings (SSSR count). The summed E-state index contributed by atoms with van der Waals surface area (Å²) in [5.41, 5.74) is -6.23. The molecule has 0 atom stereocenters. The fourth-order valence-electron chi connectivity index (χ4n) is 1.73. The van der Waals surface area contributed by atoms with Crippen molar-refractivity contribution in [3.63, 3.8) is 0 Å². The van der Waals surface area contributed by atoms with Gasteiger partial charge >= 0.3 is 32.9 Å². The summed E-state index contributed by atoms with van der Waals surface area (Å²) in [5.74, 6) is 0. The van der Waals surface area contributed by atoms with E-state index in [0.717, 1.165) is 3.57 Å². The Morgan fingerprint density at radius 3 is 1.90 bits per heavy atom. The van der Waals surface area contributed by atoms with E-state index in [2.05, 4.69) is 18.2 Å². The van der Waals surface area contributed by atoms with Crippen molar-refractivity contribution in [3.8, 4) is 9.75 Å². The Morgan fingerprint density at radius 2 is 1.45 bits per heavy atom. The summed E-state index contributed by atoms with van der Waals surface area (Å²) in [4.78, 5) is 2.47. The molecule has 0 spiro atoms. The van der Waals surface area contributed by atoms with Gasteiger partial charge in [0.05, 0.1) is 5.56 Å². The fourth-order valence-corrected chi connectivity index (χ4v) is 6.66. The zero-order valence-electron chi connectivity index (χ0n) is 13.8. The molecule has 0 aliphatic carbocycles. The molecule has 158 valence electrons. The van der Waals surface area contributed by atoms with Crippen LogP contribution in [0.25, 0.3) is 9.75 Å². The molecule has 13 heteroatoms. The van der Waals surface area contributed by atoms with Crippen molar-refractivity contribution in [3.05, 3.63) is 65.9 Å². The Balaban J connectivity index is 0.000000321. The number of halogens is 7. The minimum absolute atomic E-state index is 0.421. The molecule has 0 unspecified atom stereocenters. The average molecular weight is 586 g/mol. The Kier molecular flexibility index (Phi) is 7.75. The van der Waals surface area contributed by atoms with Crippen molar-refractivity contribution in [1.29, 1.82) is 0 Å². The summed E-state index contributed by atoms with van der Waals surface area (Å²) in [6, 6.07) is 13.8. The molecule has 0 saturated carbocycles. The van der Waals surface area contributed by atoms with E-state index >= 15 is 0 Å². The van der Waals surface area contributed by atoms with E-state index in [-0.39, 0.29) is 0 Å². The van der Waals surface area contributed by atoms with Gasteiger partial charge in [-0.2, -0.15) is 26.3 Å². The van der Waals surface area contributed by atoms with Crippen LogP contribution in [-0.2, 0) is 16.3 Å². The smallest absolute Gasteiger partial charge is 0.485 e. The molecule has 1 aromatic carbocycles. The van der Waals surface area contributed by atoms with E-state index in [1.807, 2.05) is 11.4 Å². The van der Waals surface area contributed by atoms with Crippen LogP contribution in [0.5, 0.6) is 0 Å². The summed E-state index contributed by atoms with van der Waals surface area (Å²) < 4.78 is 98.7. The highest BCUT2D eigenvalue weighted by Crippen LogP contribution is 2.29. The van der Waals surface area contributed by atoms with Crippen LogP contribution in [0.3, 0.4) is 0 Å². The summed E-state index contributed by atoms with van der Waals surface area (Å²) in [6.07, 6.45) is -4.26. The van der Waals surface area contributed by atoms with Gasteiger partial charge in [0.25, 0.3) is 0 Å². The topological polar surface area (TPSA) is 57.2 Å². The second-order valence-corrected chi connectivity index (χ2v) is 12.2. The molecule has 0 bridgehead atoms. The maximum Gasteiger partial charge on any atom is 0.485 e. The molecule has 0 saturated heterocycles. The zero-order valence-corrected chi connectivity index (χ0v) is 18.4. The molecule has 0 N–H and O–H groups in total. The maximum absolute atomic E-state index is 12.5. The van der Waals surface area contributed by atoms with Crippen molar-refractivity contribution in [2.75, 3.05) is 0 Å². The summed E-state index contributed by atoms with van der Waals surface area (Å²) in [6.45, 7) is 0. The quantitative estimate of drug-likeness (QED) is 0.206. The molecule has 2 aromatic heterocycles. The highest BCUT2D eigenvalue weighted by atomic mass is 127. The van der Waals surface area contributed by atoms with E-state index in [0.29, 0.717) is 0 Å². The predicted molar refractivity (Wildman–Crippen MR) is 92.2 cm³/mol. The Bertz CT molecular complexity index is 1020. The normalized spacial score (nSPS) is 12.4. The first-order chi connectivity index (χ1) is 13.3. The molecule has 2 heterocycles. The largest absolute Gasteiger partial charge is 0.741 e. The number of thiophene rings is 2. The predicted octanol–water partition coefficient (Wildman–Crippen LogP) is 2.68. The standard InChI is InChI=1S/C15H9F3IS2.CHF3O3S/c16-15(17,18)10-3-5-11(6-4-10)19-14-8-7-13(21-14)12-2-1-9-20-12;2-1(3,4)8(5,6)7/h1-9H;(H,5,6,7)/q+1;/p-1. The van der Waals surface area contributed by atoms with Crippen molar-refractivity contribution in [1.82, 2.24) is 0 Å². The molecule has 0 fully saturated rings. The van der Waals surface area contributed by atoms with Crippen LogP contribution in [0, 0.1) is 6.45 Å². The van der Waals surface area contributed by atoms with E-state index < -0.39 is 48.6 Å². The van der Waals surface area contributed by atoms with Crippen molar-refractivity contribution in [2.45, 2.75) is 11.7 Å². The van der Waals surface area contributed by atoms with Crippen molar-refractivity contribution in [2.24, 2.45) is 0 Å². The second kappa shape index (κ2) is 9.32. The van der Waals surface area contributed by atoms with Gasteiger partial charge in [0.15, 0.2) is 13.7 Å². The number of rotatable bonds is 3. The number of hydrogen-bond donors (Lipinski definition) is 0. The van der Waals surface area contributed by atoms with Gasteiger partial charge < -0.3 is 4.55 Å². The van der Waals surface area contributed by atoms with Gasteiger partial charge in [0, 0.05) is 15.8 Å². The third-order valence-electron chi connectivity index (χ3n) is 2.99.